The van der Waals surface area contributed by atoms with Gasteiger partial charge in [-0.05, 0) is 6.07 Å². The molecule has 108 valence electrons. The molecule has 1 aromatic carbocycles. The zero-order valence-corrected chi connectivity index (χ0v) is 10.9. The van der Waals surface area contributed by atoms with Crippen LogP contribution in [0.2, 0.25) is 0 Å². The lowest BCUT2D eigenvalue weighted by molar-refractivity contribution is -0.138. The van der Waals surface area contributed by atoms with Crippen LogP contribution in [0.25, 0.3) is 0 Å². The first-order valence-electron chi connectivity index (χ1n) is 5.44. The SMILES string of the molecule is COc1cc(OC)c([C@H](N)CC(F)(F)F)cc1OC. The number of benzene rings is 1. The highest BCUT2D eigenvalue weighted by Crippen LogP contribution is 2.39. The Morgan fingerprint density at radius 2 is 1.47 bits per heavy atom. The third kappa shape index (κ3) is 3.92. The molecule has 4 nitrogen and oxygen atoms in total. The van der Waals surface area contributed by atoms with Gasteiger partial charge in [-0.1, -0.05) is 0 Å². The minimum Gasteiger partial charge on any atom is -0.496 e. The minimum absolute atomic E-state index is 0.220. The van der Waals surface area contributed by atoms with Gasteiger partial charge in [-0.2, -0.15) is 13.2 Å². The second kappa shape index (κ2) is 6.01. The lowest BCUT2D eigenvalue weighted by atomic mass is 10.0. The molecule has 0 spiro atoms. The molecule has 0 unspecified atom stereocenters. The van der Waals surface area contributed by atoms with Gasteiger partial charge in [0, 0.05) is 17.7 Å². The van der Waals surface area contributed by atoms with E-state index < -0.39 is 18.6 Å². The molecule has 1 atom stereocenters. The first-order chi connectivity index (χ1) is 8.82. The summed E-state index contributed by atoms with van der Waals surface area (Å²) in [5.41, 5.74) is 5.80. The van der Waals surface area contributed by atoms with Gasteiger partial charge in [0.15, 0.2) is 11.5 Å². The number of methoxy groups -OCH3 is 3. The van der Waals surface area contributed by atoms with Gasteiger partial charge in [0.2, 0.25) is 0 Å². The highest BCUT2D eigenvalue weighted by molar-refractivity contribution is 5.51. The molecule has 7 heteroatoms. The Hall–Kier alpha value is -1.63. The van der Waals surface area contributed by atoms with Gasteiger partial charge in [0.25, 0.3) is 0 Å². The maximum atomic E-state index is 12.4. The van der Waals surface area contributed by atoms with Crippen molar-refractivity contribution < 1.29 is 27.4 Å². The summed E-state index contributed by atoms with van der Waals surface area (Å²) >= 11 is 0. The Bertz CT molecular complexity index is 435. The number of hydrogen-bond acceptors (Lipinski definition) is 4. The van der Waals surface area contributed by atoms with Crippen LogP contribution in [0.5, 0.6) is 17.2 Å². The molecule has 0 amide bonds. The average molecular weight is 279 g/mol. The van der Waals surface area contributed by atoms with Crippen molar-refractivity contribution in [1.29, 1.82) is 0 Å². The van der Waals surface area contributed by atoms with Gasteiger partial charge in [0.05, 0.1) is 27.8 Å². The first-order valence-corrected chi connectivity index (χ1v) is 5.44. The van der Waals surface area contributed by atoms with Crippen molar-refractivity contribution in [3.05, 3.63) is 17.7 Å². The number of halogens is 3. The number of nitrogens with two attached hydrogens (primary N) is 1. The Labute approximate surface area is 109 Å². The van der Waals surface area contributed by atoms with Gasteiger partial charge in [0.1, 0.15) is 5.75 Å². The summed E-state index contributed by atoms with van der Waals surface area (Å²) in [6, 6.07) is 1.62. The molecule has 0 saturated heterocycles. The second-order valence-electron chi connectivity index (χ2n) is 3.87. The standard InChI is InChI=1S/C12H16F3NO3/c1-17-9-5-11(19-3)10(18-2)4-7(9)8(16)6-12(13,14)15/h4-5,8H,6,16H2,1-3H3/t8-/m1/s1. The van der Waals surface area contributed by atoms with E-state index in [1.54, 1.807) is 0 Å². The topological polar surface area (TPSA) is 53.7 Å². The smallest absolute Gasteiger partial charge is 0.390 e. The van der Waals surface area contributed by atoms with Gasteiger partial charge in [-0.25, -0.2) is 0 Å². The minimum atomic E-state index is -4.35. The maximum absolute atomic E-state index is 12.4. The first kappa shape index (κ1) is 15.4. The molecule has 0 aliphatic rings. The predicted octanol–water partition coefficient (Wildman–Crippen LogP) is 2.66. The Morgan fingerprint density at radius 3 is 1.89 bits per heavy atom. The van der Waals surface area contributed by atoms with E-state index in [1.807, 2.05) is 0 Å². The van der Waals surface area contributed by atoms with Crippen molar-refractivity contribution in [2.45, 2.75) is 18.6 Å². The van der Waals surface area contributed by atoms with Crippen molar-refractivity contribution in [1.82, 2.24) is 0 Å². The van der Waals surface area contributed by atoms with E-state index in [0.717, 1.165) is 0 Å². The number of alkyl halides is 3. The van der Waals surface area contributed by atoms with E-state index in [1.165, 1.54) is 33.5 Å². The van der Waals surface area contributed by atoms with Crippen LogP contribution in [0.15, 0.2) is 12.1 Å². The molecule has 0 aliphatic heterocycles. The molecule has 1 rings (SSSR count). The summed E-state index contributed by atoms with van der Waals surface area (Å²) in [7, 11) is 4.17. The molecule has 0 radical (unpaired) electrons. The van der Waals surface area contributed by atoms with Crippen molar-refractivity contribution in [3.8, 4) is 17.2 Å². The lowest BCUT2D eigenvalue weighted by Gasteiger charge is -2.19. The summed E-state index contributed by atoms with van der Waals surface area (Å²) in [5, 5.41) is 0. The van der Waals surface area contributed by atoms with Crippen LogP contribution in [0.4, 0.5) is 13.2 Å². The number of hydrogen-bond donors (Lipinski definition) is 1. The van der Waals surface area contributed by atoms with Crippen molar-refractivity contribution >= 4 is 0 Å². The van der Waals surface area contributed by atoms with E-state index in [-0.39, 0.29) is 11.3 Å². The van der Waals surface area contributed by atoms with Gasteiger partial charge >= 0.3 is 6.18 Å². The quantitative estimate of drug-likeness (QED) is 0.900. The van der Waals surface area contributed by atoms with Gasteiger partial charge in [-0.3, -0.25) is 0 Å². The number of ether oxygens (including phenoxy) is 3. The average Bonchev–Trinajstić information content (AvgIpc) is 2.34. The van der Waals surface area contributed by atoms with E-state index in [9.17, 15) is 13.2 Å². The summed E-state index contributed by atoms with van der Waals surface area (Å²) < 4.78 is 52.3. The van der Waals surface area contributed by atoms with Crippen molar-refractivity contribution in [2.75, 3.05) is 21.3 Å². The van der Waals surface area contributed by atoms with Crippen LogP contribution in [0.1, 0.15) is 18.0 Å². The van der Waals surface area contributed by atoms with Crippen LogP contribution < -0.4 is 19.9 Å². The number of rotatable bonds is 5. The van der Waals surface area contributed by atoms with E-state index in [4.69, 9.17) is 19.9 Å². The third-order valence-corrected chi connectivity index (χ3v) is 2.59. The molecular formula is C12H16F3NO3. The Morgan fingerprint density at radius 1 is 1.00 bits per heavy atom. The van der Waals surface area contributed by atoms with Crippen LogP contribution >= 0.6 is 0 Å². The van der Waals surface area contributed by atoms with Gasteiger partial charge < -0.3 is 19.9 Å². The Kier molecular flexibility index (Phi) is 4.88. The predicted molar refractivity (Wildman–Crippen MR) is 63.7 cm³/mol. The molecule has 19 heavy (non-hydrogen) atoms. The van der Waals surface area contributed by atoms with E-state index in [2.05, 4.69) is 0 Å². The zero-order valence-electron chi connectivity index (χ0n) is 10.9. The van der Waals surface area contributed by atoms with E-state index in [0.29, 0.717) is 11.5 Å². The van der Waals surface area contributed by atoms with Crippen LogP contribution in [0, 0.1) is 0 Å². The molecule has 0 aliphatic carbocycles. The fourth-order valence-corrected chi connectivity index (χ4v) is 1.70. The zero-order chi connectivity index (χ0) is 14.6. The van der Waals surface area contributed by atoms with E-state index >= 15 is 0 Å². The molecular weight excluding hydrogens is 263 g/mol. The summed E-state index contributed by atoms with van der Waals surface area (Å²) in [6.07, 6.45) is -5.49. The monoisotopic (exact) mass is 279 g/mol. The molecule has 2 N–H and O–H groups in total. The summed E-state index contributed by atoms with van der Waals surface area (Å²) in [4.78, 5) is 0. The van der Waals surface area contributed by atoms with Crippen molar-refractivity contribution in [2.24, 2.45) is 5.73 Å². The van der Waals surface area contributed by atoms with Crippen molar-refractivity contribution in [3.63, 3.8) is 0 Å². The highest BCUT2D eigenvalue weighted by Gasteiger charge is 2.32. The van der Waals surface area contributed by atoms with Crippen LogP contribution in [-0.4, -0.2) is 27.5 Å². The third-order valence-electron chi connectivity index (χ3n) is 2.59. The molecule has 0 aromatic heterocycles. The highest BCUT2D eigenvalue weighted by atomic mass is 19.4. The van der Waals surface area contributed by atoms with Gasteiger partial charge in [-0.15, -0.1) is 0 Å². The largest absolute Gasteiger partial charge is 0.496 e. The Balaban J connectivity index is 3.18. The lowest BCUT2D eigenvalue weighted by Crippen LogP contribution is -2.20. The normalized spacial score (nSPS) is 13.0. The van der Waals surface area contributed by atoms with Crippen LogP contribution in [-0.2, 0) is 0 Å². The fraction of sp³-hybridized carbons (Fsp3) is 0.500. The molecule has 0 fully saturated rings. The molecule has 0 saturated carbocycles. The second-order valence-corrected chi connectivity index (χ2v) is 3.87. The van der Waals surface area contributed by atoms with Crippen LogP contribution in [0.3, 0.4) is 0 Å². The fourth-order valence-electron chi connectivity index (χ4n) is 1.70. The molecule has 0 bridgehead atoms. The summed E-state index contributed by atoms with van der Waals surface area (Å²) in [6.45, 7) is 0. The molecule has 1 aromatic rings. The maximum Gasteiger partial charge on any atom is 0.390 e. The molecule has 0 heterocycles. The summed E-state index contributed by atoms with van der Waals surface area (Å²) in [5.74, 6) is 0.896.